The molecule has 2 nitrogen and oxygen atoms in total. The molecule has 8 atom stereocenters. The lowest BCUT2D eigenvalue weighted by molar-refractivity contribution is -0.151. The fourth-order valence-corrected chi connectivity index (χ4v) is 13.8. The van der Waals surface area contributed by atoms with Crippen LogP contribution in [0.25, 0.3) is 0 Å². The van der Waals surface area contributed by atoms with Gasteiger partial charge in [0.25, 0.3) is 0 Å². The Morgan fingerprint density at radius 2 is 1.08 bits per heavy atom. The normalized spacial score (nSPS) is 28.3. The van der Waals surface area contributed by atoms with Gasteiger partial charge < -0.3 is 4.74 Å². The van der Waals surface area contributed by atoms with Crippen molar-refractivity contribution in [1.82, 2.24) is 0 Å². The second-order valence-corrected chi connectivity index (χ2v) is 22.6. The highest BCUT2D eigenvalue weighted by molar-refractivity contribution is 5.69. The van der Waals surface area contributed by atoms with E-state index in [0.717, 1.165) is 54.8 Å². The van der Waals surface area contributed by atoms with Crippen LogP contribution in [0.1, 0.15) is 292 Å². The predicted molar refractivity (Wildman–Crippen MR) is 258 cm³/mol. The highest BCUT2D eigenvalue weighted by Gasteiger charge is 2.59. The van der Waals surface area contributed by atoms with Crippen LogP contribution in [0.2, 0.25) is 0 Å². The van der Waals surface area contributed by atoms with Crippen molar-refractivity contribution in [2.24, 2.45) is 46.3 Å². The maximum Gasteiger partial charge on any atom is 0.306 e. The minimum atomic E-state index is 0.0698. The maximum absolute atomic E-state index is 12.9. The van der Waals surface area contributed by atoms with Crippen molar-refractivity contribution in [2.45, 2.75) is 298 Å². The Bertz CT molecular complexity index is 1120. The lowest BCUT2D eigenvalue weighted by atomic mass is 9.47. The zero-order valence-corrected chi connectivity index (χ0v) is 41.0. The van der Waals surface area contributed by atoms with Crippen molar-refractivity contribution in [2.75, 3.05) is 0 Å². The zero-order chi connectivity index (χ0) is 42.2. The van der Waals surface area contributed by atoms with E-state index in [1.807, 2.05) is 0 Å². The molecular weight excluding hydrogens is 717 g/mol. The van der Waals surface area contributed by atoms with Crippen LogP contribution in [0.4, 0.5) is 0 Å². The molecule has 4 aliphatic carbocycles. The molecule has 59 heavy (non-hydrogen) atoms. The van der Waals surface area contributed by atoms with E-state index in [-0.39, 0.29) is 12.1 Å². The van der Waals surface area contributed by atoms with Crippen LogP contribution in [0, 0.1) is 46.3 Å². The Kier molecular flexibility index (Phi) is 24.8. The number of unbranched alkanes of at least 4 members (excludes halogenated alkanes) is 26. The summed E-state index contributed by atoms with van der Waals surface area (Å²) in [5, 5.41) is 0. The van der Waals surface area contributed by atoms with E-state index >= 15 is 0 Å². The number of ether oxygens (including phenoxy) is 1. The number of hydrogen-bond donors (Lipinski definition) is 0. The average molecular weight is 821 g/mol. The van der Waals surface area contributed by atoms with Crippen molar-refractivity contribution < 1.29 is 9.53 Å². The lowest BCUT2D eigenvalue weighted by Gasteiger charge is -2.58. The minimum absolute atomic E-state index is 0.0698. The van der Waals surface area contributed by atoms with Crippen LogP contribution in [-0.2, 0) is 9.53 Å². The van der Waals surface area contributed by atoms with Gasteiger partial charge in [-0.15, -0.1) is 0 Å². The van der Waals surface area contributed by atoms with Gasteiger partial charge in [-0.3, -0.25) is 4.79 Å². The molecule has 0 aromatic rings. The Morgan fingerprint density at radius 3 is 1.58 bits per heavy atom. The second kappa shape index (κ2) is 28.8. The molecule has 1 unspecified atom stereocenters. The van der Waals surface area contributed by atoms with Crippen molar-refractivity contribution in [3.63, 3.8) is 0 Å². The maximum atomic E-state index is 12.9. The van der Waals surface area contributed by atoms with Crippen molar-refractivity contribution in [1.29, 1.82) is 0 Å². The molecule has 0 aromatic carbocycles. The molecule has 3 saturated carbocycles. The van der Waals surface area contributed by atoms with Crippen molar-refractivity contribution in [3.8, 4) is 0 Å². The van der Waals surface area contributed by atoms with Gasteiger partial charge in [0.15, 0.2) is 0 Å². The number of carbonyl (C=O) groups excluding carboxylic acids is 1. The topological polar surface area (TPSA) is 26.3 Å². The fraction of sp³-hybridized carbons (Fsp3) is 0.947. The van der Waals surface area contributed by atoms with Gasteiger partial charge in [0.1, 0.15) is 6.10 Å². The lowest BCUT2D eigenvalue weighted by Crippen LogP contribution is -2.51. The summed E-state index contributed by atoms with van der Waals surface area (Å²) < 4.78 is 6.17. The highest BCUT2D eigenvalue weighted by Crippen LogP contribution is 2.67. The van der Waals surface area contributed by atoms with Crippen LogP contribution in [0.5, 0.6) is 0 Å². The molecule has 4 aliphatic rings. The smallest absolute Gasteiger partial charge is 0.306 e. The first-order chi connectivity index (χ1) is 28.7. The molecule has 0 aromatic heterocycles. The van der Waals surface area contributed by atoms with E-state index in [1.54, 1.807) is 5.57 Å². The Morgan fingerprint density at radius 1 is 0.593 bits per heavy atom. The van der Waals surface area contributed by atoms with Gasteiger partial charge in [0.05, 0.1) is 0 Å². The van der Waals surface area contributed by atoms with Crippen molar-refractivity contribution >= 4 is 5.97 Å². The van der Waals surface area contributed by atoms with Crippen molar-refractivity contribution in [3.05, 3.63) is 11.6 Å². The van der Waals surface area contributed by atoms with Gasteiger partial charge in [-0.25, -0.2) is 0 Å². The number of hydrogen-bond acceptors (Lipinski definition) is 2. The van der Waals surface area contributed by atoms with Gasteiger partial charge in [-0.1, -0.05) is 239 Å². The highest BCUT2D eigenvalue weighted by atomic mass is 16.5. The third-order valence-electron chi connectivity index (χ3n) is 17.5. The summed E-state index contributed by atoms with van der Waals surface area (Å²) in [7, 11) is 0. The summed E-state index contributed by atoms with van der Waals surface area (Å²) in [6, 6.07) is 0. The van der Waals surface area contributed by atoms with Gasteiger partial charge in [0.2, 0.25) is 0 Å². The third-order valence-corrected chi connectivity index (χ3v) is 17.5. The van der Waals surface area contributed by atoms with E-state index in [4.69, 9.17) is 4.74 Å². The average Bonchev–Trinajstić information content (AvgIpc) is 3.58. The first-order valence-corrected chi connectivity index (χ1v) is 27.6. The Balaban J connectivity index is 0.932. The van der Waals surface area contributed by atoms with Crippen LogP contribution in [0.3, 0.4) is 0 Å². The van der Waals surface area contributed by atoms with E-state index < -0.39 is 0 Å². The molecule has 0 aliphatic heterocycles. The van der Waals surface area contributed by atoms with E-state index in [9.17, 15) is 4.79 Å². The number of carbonyl (C=O) groups is 1. The third kappa shape index (κ3) is 17.4. The van der Waals surface area contributed by atoms with Crippen LogP contribution in [-0.4, -0.2) is 12.1 Å². The number of allylic oxidation sites excluding steroid dienone is 1. The van der Waals surface area contributed by atoms with Gasteiger partial charge in [-0.05, 0) is 97.7 Å². The number of esters is 1. The molecule has 2 heteroatoms. The molecule has 0 saturated heterocycles. The summed E-state index contributed by atoms with van der Waals surface area (Å²) in [6.45, 7) is 15.0. The molecule has 0 amide bonds. The van der Waals surface area contributed by atoms with E-state index in [1.165, 1.54) is 225 Å². The number of fused-ring (bicyclic) bond motifs is 5. The molecule has 344 valence electrons. The monoisotopic (exact) mass is 821 g/mol. The van der Waals surface area contributed by atoms with Crippen LogP contribution in [0.15, 0.2) is 11.6 Å². The molecule has 0 heterocycles. The summed E-state index contributed by atoms with van der Waals surface area (Å²) >= 11 is 0. The SMILES string of the molecule is CCCCCCCCCCCCCCCCCCCCCCCCCCCCCC(=O)OC1CC[C@@]2(C)C(=CC[C@H]3[C@@H]4CC[C@H]([C@H](C)CCCC(C)C)[C@@]4(C)CC[C@@H]32)C1. The molecule has 0 radical (unpaired) electrons. The van der Waals surface area contributed by atoms with E-state index in [2.05, 4.69) is 47.6 Å². The molecular formula is C57H104O2. The molecule has 4 rings (SSSR count). The van der Waals surface area contributed by atoms with Gasteiger partial charge >= 0.3 is 5.97 Å². The summed E-state index contributed by atoms with van der Waals surface area (Å²) in [4.78, 5) is 12.9. The molecule has 0 N–H and O–H groups in total. The molecule has 0 bridgehead atoms. The van der Waals surface area contributed by atoms with E-state index in [0.29, 0.717) is 17.3 Å². The largest absolute Gasteiger partial charge is 0.462 e. The summed E-state index contributed by atoms with van der Waals surface area (Å²) in [6.07, 6.45) is 56.2. The quantitative estimate of drug-likeness (QED) is 0.0367. The fourth-order valence-electron chi connectivity index (χ4n) is 13.8. The van der Waals surface area contributed by atoms with Gasteiger partial charge in [-0.2, -0.15) is 0 Å². The zero-order valence-electron chi connectivity index (χ0n) is 41.0. The Hall–Kier alpha value is -0.790. The second-order valence-electron chi connectivity index (χ2n) is 22.6. The minimum Gasteiger partial charge on any atom is -0.462 e. The van der Waals surface area contributed by atoms with Gasteiger partial charge in [0, 0.05) is 12.8 Å². The first-order valence-electron chi connectivity index (χ1n) is 27.6. The molecule has 0 spiro atoms. The standard InChI is InChI=1S/C57H104O2/c1-7-8-9-10-11-12-13-14-15-16-17-18-19-20-21-22-23-24-25-26-27-28-29-30-31-32-33-37-55(58)59-50-42-44-56(5)49(46-50)38-39-51-53-41-40-52(48(4)36-34-35-47(2)3)57(53,6)45-43-54(51)56/h38,47-48,50-54H,7-37,39-46H2,1-6H3/t48-,50?,51+,52-,53+,54+,56+,57-/m1/s1. The first kappa shape index (κ1) is 50.9. The Labute approximate surface area is 370 Å². The number of rotatable bonds is 34. The van der Waals surface area contributed by atoms with Crippen LogP contribution < -0.4 is 0 Å². The summed E-state index contributed by atoms with van der Waals surface area (Å²) in [5.41, 5.74) is 2.54. The molecule has 3 fully saturated rings. The van der Waals surface area contributed by atoms with Crippen LogP contribution >= 0.6 is 0 Å². The summed E-state index contributed by atoms with van der Waals surface area (Å²) in [5.74, 6) is 5.34. The predicted octanol–water partition coefficient (Wildman–Crippen LogP) is 18.9.